The van der Waals surface area contributed by atoms with Crippen LogP contribution in [-0.2, 0) is 17.8 Å². The van der Waals surface area contributed by atoms with Gasteiger partial charge in [-0.2, -0.15) is 0 Å². The van der Waals surface area contributed by atoms with Crippen molar-refractivity contribution in [1.29, 1.82) is 0 Å². The molecule has 1 aromatic heterocycles. The minimum absolute atomic E-state index is 0.0141. The van der Waals surface area contributed by atoms with Crippen molar-refractivity contribution in [1.82, 2.24) is 14.8 Å². The predicted octanol–water partition coefficient (Wildman–Crippen LogP) is 4.41. The Bertz CT molecular complexity index is 1340. The second-order valence-electron chi connectivity index (χ2n) is 10.5. The van der Waals surface area contributed by atoms with Gasteiger partial charge >= 0.3 is 6.03 Å². The number of pyridine rings is 1. The zero-order chi connectivity index (χ0) is 27.2. The standard InChI is InChI=1S/C31H36N4O4/c1-2-3-16-39-26-14-12-25(13-15-26)32-30(37)27(18-22-8-5-4-6-9-22)33-31(38)34-19-23-17-24(21-34)28-10-7-11-29(36)35(28)20-23/h4-15,23-24,27H,2-3,16-21H2,1H3,(H,32,37)(H,33,38)/t23-,24+,27+/m1/s1. The Hall–Kier alpha value is -4.07. The smallest absolute Gasteiger partial charge is 0.318 e. The van der Waals surface area contributed by atoms with Crippen LogP contribution in [0.4, 0.5) is 10.5 Å². The molecule has 3 heterocycles. The van der Waals surface area contributed by atoms with Crippen LogP contribution in [0.2, 0.25) is 0 Å². The summed E-state index contributed by atoms with van der Waals surface area (Å²) in [6.07, 6.45) is 3.38. The number of unbranched alkanes of at least 4 members (excludes halogenated alkanes) is 1. The summed E-state index contributed by atoms with van der Waals surface area (Å²) in [5, 5.41) is 5.97. The number of aromatic nitrogens is 1. The zero-order valence-corrected chi connectivity index (χ0v) is 22.3. The number of nitrogens with zero attached hydrogens (tertiary/aromatic N) is 2. The number of carbonyl (C=O) groups is 2. The van der Waals surface area contributed by atoms with Gasteiger partial charge in [-0.3, -0.25) is 9.59 Å². The summed E-state index contributed by atoms with van der Waals surface area (Å²) in [4.78, 5) is 41.0. The number of fused-ring (bicyclic) bond motifs is 4. The molecule has 8 nitrogen and oxygen atoms in total. The molecular formula is C31H36N4O4. The monoisotopic (exact) mass is 528 g/mol. The average molecular weight is 529 g/mol. The number of likely N-dealkylation sites (tertiary alicyclic amines) is 1. The third kappa shape index (κ3) is 6.50. The lowest BCUT2D eigenvalue weighted by Crippen LogP contribution is -2.55. The van der Waals surface area contributed by atoms with Crippen molar-refractivity contribution in [2.45, 2.75) is 51.1 Å². The molecule has 0 spiro atoms. The first kappa shape index (κ1) is 26.5. The van der Waals surface area contributed by atoms with Crippen LogP contribution in [0.25, 0.3) is 0 Å². The van der Waals surface area contributed by atoms with Crippen molar-refractivity contribution < 1.29 is 14.3 Å². The number of hydrogen-bond acceptors (Lipinski definition) is 4. The van der Waals surface area contributed by atoms with E-state index in [0.29, 0.717) is 38.3 Å². The first-order chi connectivity index (χ1) is 19.0. The number of rotatable bonds is 9. The van der Waals surface area contributed by atoms with Gasteiger partial charge in [-0.15, -0.1) is 0 Å². The molecule has 0 saturated carbocycles. The number of benzene rings is 2. The van der Waals surface area contributed by atoms with Crippen molar-refractivity contribution in [3.8, 4) is 5.75 Å². The second-order valence-corrected chi connectivity index (χ2v) is 10.5. The maximum atomic E-state index is 13.5. The van der Waals surface area contributed by atoms with Gasteiger partial charge in [-0.05, 0) is 54.7 Å². The van der Waals surface area contributed by atoms with Crippen LogP contribution in [0.1, 0.15) is 43.4 Å². The van der Waals surface area contributed by atoms with Crippen LogP contribution in [0, 0.1) is 5.92 Å². The molecule has 8 heteroatoms. The van der Waals surface area contributed by atoms with E-state index in [1.165, 1.54) is 0 Å². The van der Waals surface area contributed by atoms with Crippen molar-refractivity contribution in [2.24, 2.45) is 5.92 Å². The molecule has 3 amide bonds. The molecule has 1 saturated heterocycles. The van der Waals surface area contributed by atoms with E-state index >= 15 is 0 Å². The Morgan fingerprint density at radius 2 is 1.77 bits per heavy atom. The highest BCUT2D eigenvalue weighted by Gasteiger charge is 2.37. The number of ether oxygens (including phenoxy) is 1. The fourth-order valence-corrected chi connectivity index (χ4v) is 5.56. The van der Waals surface area contributed by atoms with Gasteiger partial charge in [0.25, 0.3) is 5.56 Å². The summed E-state index contributed by atoms with van der Waals surface area (Å²) in [7, 11) is 0. The Morgan fingerprint density at radius 3 is 2.54 bits per heavy atom. The van der Waals surface area contributed by atoms with Gasteiger partial charge < -0.3 is 24.8 Å². The summed E-state index contributed by atoms with van der Waals surface area (Å²) >= 11 is 0. The number of piperidine rings is 1. The number of carbonyl (C=O) groups excluding carboxylic acids is 2. The SMILES string of the molecule is CCCCOc1ccc(NC(=O)[C@H](Cc2ccccc2)NC(=O)N2C[C@H]3C[C@@H](C2)c2cccc(=O)n2C3)cc1. The Morgan fingerprint density at radius 1 is 0.974 bits per heavy atom. The van der Waals surface area contributed by atoms with Gasteiger partial charge in [0, 0.05) is 49.4 Å². The van der Waals surface area contributed by atoms with E-state index in [1.54, 1.807) is 17.0 Å². The number of anilines is 1. The molecule has 1 fully saturated rings. The highest BCUT2D eigenvalue weighted by molar-refractivity contribution is 5.97. The van der Waals surface area contributed by atoms with E-state index in [1.807, 2.05) is 65.2 Å². The van der Waals surface area contributed by atoms with Crippen LogP contribution in [0.3, 0.4) is 0 Å². The summed E-state index contributed by atoms with van der Waals surface area (Å²) in [5.74, 6) is 0.800. The van der Waals surface area contributed by atoms with Gasteiger partial charge in [0.1, 0.15) is 11.8 Å². The van der Waals surface area contributed by atoms with Crippen LogP contribution >= 0.6 is 0 Å². The second kappa shape index (κ2) is 12.2. The summed E-state index contributed by atoms with van der Waals surface area (Å²) in [6, 6.07) is 21.3. The van der Waals surface area contributed by atoms with Crippen molar-refractivity contribution in [3.05, 3.63) is 94.4 Å². The third-order valence-corrected chi connectivity index (χ3v) is 7.55. The zero-order valence-electron chi connectivity index (χ0n) is 22.3. The summed E-state index contributed by atoms with van der Waals surface area (Å²) in [5.41, 5.74) is 2.60. The van der Waals surface area contributed by atoms with E-state index in [4.69, 9.17) is 4.74 Å². The molecule has 2 N–H and O–H groups in total. The van der Waals surface area contributed by atoms with Gasteiger partial charge in [-0.25, -0.2) is 4.79 Å². The lowest BCUT2D eigenvalue weighted by molar-refractivity contribution is -0.118. The Kier molecular flexibility index (Phi) is 8.30. The summed E-state index contributed by atoms with van der Waals surface area (Å²) in [6.45, 7) is 4.47. The number of hydrogen-bond donors (Lipinski definition) is 2. The average Bonchev–Trinajstić information content (AvgIpc) is 2.95. The molecular weight excluding hydrogens is 492 g/mol. The predicted molar refractivity (Wildman–Crippen MR) is 151 cm³/mol. The fraction of sp³-hybridized carbons (Fsp3) is 0.387. The quantitative estimate of drug-likeness (QED) is 0.403. The van der Waals surface area contributed by atoms with E-state index in [9.17, 15) is 14.4 Å². The Labute approximate surface area is 229 Å². The molecule has 2 aliphatic heterocycles. The molecule has 2 aromatic carbocycles. The molecule has 2 bridgehead atoms. The molecule has 3 atom stereocenters. The van der Waals surface area contributed by atoms with Gasteiger partial charge in [0.15, 0.2) is 0 Å². The van der Waals surface area contributed by atoms with Crippen molar-refractivity contribution in [3.63, 3.8) is 0 Å². The molecule has 0 aliphatic carbocycles. The van der Waals surface area contributed by atoms with E-state index in [-0.39, 0.29) is 29.3 Å². The molecule has 2 aliphatic rings. The topological polar surface area (TPSA) is 92.7 Å². The maximum absolute atomic E-state index is 13.5. The number of amides is 3. The van der Waals surface area contributed by atoms with Crippen molar-refractivity contribution in [2.75, 3.05) is 25.0 Å². The van der Waals surface area contributed by atoms with Crippen LogP contribution in [0.5, 0.6) is 5.75 Å². The largest absolute Gasteiger partial charge is 0.494 e. The first-order valence-electron chi connectivity index (χ1n) is 13.8. The van der Waals surface area contributed by atoms with Crippen molar-refractivity contribution >= 4 is 17.6 Å². The number of urea groups is 1. The molecule has 3 aromatic rings. The Balaban J connectivity index is 1.27. The molecule has 0 radical (unpaired) electrons. The van der Waals surface area contributed by atoms with Gasteiger partial charge in [0.2, 0.25) is 5.91 Å². The van der Waals surface area contributed by atoms with Crippen LogP contribution in [-0.4, -0.2) is 47.1 Å². The van der Waals surface area contributed by atoms with Crippen LogP contribution in [0.15, 0.2) is 77.6 Å². The minimum atomic E-state index is -0.753. The van der Waals surface area contributed by atoms with E-state index in [0.717, 1.165) is 36.3 Å². The third-order valence-electron chi connectivity index (χ3n) is 7.55. The van der Waals surface area contributed by atoms with E-state index in [2.05, 4.69) is 17.6 Å². The number of nitrogens with one attached hydrogen (secondary N) is 2. The first-order valence-corrected chi connectivity index (χ1v) is 13.8. The lowest BCUT2D eigenvalue weighted by Gasteiger charge is -2.43. The fourth-order valence-electron chi connectivity index (χ4n) is 5.56. The molecule has 204 valence electrons. The highest BCUT2D eigenvalue weighted by atomic mass is 16.5. The van der Waals surface area contributed by atoms with Gasteiger partial charge in [-0.1, -0.05) is 49.7 Å². The lowest BCUT2D eigenvalue weighted by atomic mass is 9.83. The summed E-state index contributed by atoms with van der Waals surface area (Å²) < 4.78 is 7.57. The van der Waals surface area contributed by atoms with E-state index < -0.39 is 6.04 Å². The molecule has 5 rings (SSSR count). The van der Waals surface area contributed by atoms with Crippen LogP contribution < -0.4 is 20.9 Å². The normalized spacial score (nSPS) is 18.5. The molecule has 0 unspecified atom stereocenters. The highest BCUT2D eigenvalue weighted by Crippen LogP contribution is 2.35. The van der Waals surface area contributed by atoms with Gasteiger partial charge in [0.05, 0.1) is 6.61 Å². The maximum Gasteiger partial charge on any atom is 0.318 e. The minimum Gasteiger partial charge on any atom is -0.494 e. The molecule has 39 heavy (non-hydrogen) atoms.